The van der Waals surface area contributed by atoms with E-state index in [1.807, 2.05) is 0 Å². The van der Waals surface area contributed by atoms with Crippen LogP contribution in [0.1, 0.15) is 33.1 Å². The molecule has 0 aromatic heterocycles. The Morgan fingerprint density at radius 2 is 0.912 bits per heavy atom. The van der Waals surface area contributed by atoms with E-state index in [4.69, 9.17) is 33.0 Å². The molecule has 0 aliphatic rings. The third kappa shape index (κ3) is 35.9. The second-order valence-corrected chi connectivity index (χ2v) is 15.8. The van der Waals surface area contributed by atoms with Crippen molar-refractivity contribution in [2.45, 2.75) is 33.1 Å². The molecule has 57 heavy (non-hydrogen) atoms. The molecule has 0 heterocycles. The summed E-state index contributed by atoms with van der Waals surface area (Å²) in [5.41, 5.74) is -1.76. The average molecular weight is 899 g/mol. The first kappa shape index (κ1) is 60.7. The van der Waals surface area contributed by atoms with Crippen molar-refractivity contribution in [1.29, 1.82) is 0 Å². The van der Waals surface area contributed by atoms with E-state index in [0.717, 1.165) is 30.4 Å². The first-order chi connectivity index (χ1) is 26.1. The van der Waals surface area contributed by atoms with Gasteiger partial charge in [0.05, 0.1) is 33.1 Å². The van der Waals surface area contributed by atoms with Crippen molar-refractivity contribution in [2.75, 3.05) is 68.4 Å². The molecule has 0 atom stereocenters. The van der Waals surface area contributed by atoms with Crippen molar-refractivity contribution in [3.8, 4) is 0 Å². The Bertz CT molecular complexity index is 1460. The number of hydrogen-bond donors (Lipinski definition) is 2. The van der Waals surface area contributed by atoms with Crippen LogP contribution < -0.4 is 29.6 Å². The summed E-state index contributed by atoms with van der Waals surface area (Å²) < 4.78 is 89.0. The van der Waals surface area contributed by atoms with Gasteiger partial charge in [0.15, 0.2) is 0 Å². The number of thiol groups is 1. The molecule has 0 aliphatic heterocycles. The molecule has 0 unspecified atom stereocenters. The smallest absolute Gasteiger partial charge is 0.748 e. The number of esters is 6. The summed E-state index contributed by atoms with van der Waals surface area (Å²) in [7, 11) is -8.02. The van der Waals surface area contributed by atoms with Crippen LogP contribution in [0.4, 0.5) is 0 Å². The quantitative estimate of drug-likeness (QED) is 0.0199. The molecule has 0 fully saturated rings. The molecule has 0 spiro atoms. The van der Waals surface area contributed by atoms with Crippen LogP contribution in [-0.2, 0) is 77.4 Å². The van der Waals surface area contributed by atoms with E-state index < -0.39 is 72.6 Å². The Morgan fingerprint density at radius 3 is 1.12 bits per heavy atom. The Kier molecular flexibility index (Phi) is 36.2. The van der Waals surface area contributed by atoms with Crippen LogP contribution in [0.15, 0.2) is 63.3 Å². The standard InChI is InChI=1S/C17H26O9S2.C15H20O6.C2H6O3S2.Na/c1-4-14(18)24-11-17(6-3,12-25-15(19)5-2)13-26-16(20)7-8-27-9-10-28(21,22)23;1-5-12(16)19-9-15(8-4,10-20-13(17)6-2)11-21-14(18)7-3;3-7(4,5)2-1-6;/h4-5H,1-2,6-13H2,3H3,(H,21,22,23);5-7H,1-3,8-11H2,4H3;6H,1-2H2,(H,3,4,5);/q;;;+1/p-1. The molecule has 0 aromatic carbocycles. The SMILES string of the molecule is C=CC(=O)OCC(CC)(COC(=O)C=C)COC(=O)C=C.C=CC(=O)OCC(CC)(COC(=O)C=C)COC(=O)CCSCCS(=O)(=O)O.O=S(=O)([O-])CCS.[Na+]. The number of carbonyl (C=O) groups excluding carboxylic acids is 6. The van der Waals surface area contributed by atoms with E-state index >= 15 is 0 Å². The van der Waals surface area contributed by atoms with Gasteiger partial charge in [-0.15, -0.1) is 0 Å². The molecule has 1 N–H and O–H groups in total. The van der Waals surface area contributed by atoms with Gasteiger partial charge in [0.1, 0.15) is 39.6 Å². The fraction of sp³-hybridized carbons (Fsp3) is 0.529. The molecule has 0 amide bonds. The van der Waals surface area contributed by atoms with Gasteiger partial charge in [0.25, 0.3) is 10.1 Å². The van der Waals surface area contributed by atoms with Crippen LogP contribution in [0.3, 0.4) is 0 Å². The van der Waals surface area contributed by atoms with Gasteiger partial charge in [-0.2, -0.15) is 32.8 Å². The average Bonchev–Trinajstić information content (AvgIpc) is 3.16. The van der Waals surface area contributed by atoms with Gasteiger partial charge in [-0.3, -0.25) is 9.35 Å². The minimum Gasteiger partial charge on any atom is -0.748 e. The van der Waals surface area contributed by atoms with E-state index in [9.17, 15) is 50.2 Å². The third-order valence-electron chi connectivity index (χ3n) is 6.75. The van der Waals surface area contributed by atoms with E-state index in [0.29, 0.717) is 18.6 Å². The zero-order chi connectivity index (χ0) is 43.8. The zero-order valence-corrected chi connectivity index (χ0v) is 37.7. The number of carbonyl (C=O) groups is 6. The van der Waals surface area contributed by atoms with Gasteiger partial charge < -0.3 is 33.0 Å². The van der Waals surface area contributed by atoms with Crippen molar-refractivity contribution >= 4 is 80.4 Å². The normalized spacial score (nSPS) is 10.8. The van der Waals surface area contributed by atoms with E-state index in [2.05, 4.69) is 45.5 Å². The summed E-state index contributed by atoms with van der Waals surface area (Å²) in [5.74, 6) is -3.90. The number of rotatable bonds is 27. The molecule has 18 nitrogen and oxygen atoms in total. The van der Waals surface area contributed by atoms with Crippen LogP contribution in [0.2, 0.25) is 0 Å². The van der Waals surface area contributed by atoms with Gasteiger partial charge in [0.2, 0.25) is 0 Å². The number of ether oxygens (including phenoxy) is 6. The Labute approximate surface area is 366 Å². The Hall–Kier alpha value is -2.96. The van der Waals surface area contributed by atoms with Crippen molar-refractivity contribution in [1.82, 2.24) is 0 Å². The van der Waals surface area contributed by atoms with Gasteiger partial charge >= 0.3 is 65.4 Å². The fourth-order valence-corrected chi connectivity index (χ4v) is 5.84. The third-order valence-corrected chi connectivity index (χ3v) is 9.95. The molecule has 23 heteroatoms. The first-order valence-corrected chi connectivity index (χ1v) is 21.2. The topological polar surface area (TPSA) is 269 Å². The largest absolute Gasteiger partial charge is 1.00 e. The summed E-state index contributed by atoms with van der Waals surface area (Å²) in [4.78, 5) is 68.1. The number of hydrogen-bond acceptors (Lipinski definition) is 19. The molecular formula is C34H51NaO18S4. The summed E-state index contributed by atoms with van der Waals surface area (Å²) in [6, 6.07) is 0. The molecule has 0 aliphatic carbocycles. The first-order valence-electron chi connectivity index (χ1n) is 16.2. The van der Waals surface area contributed by atoms with Gasteiger partial charge in [-0.1, -0.05) is 46.7 Å². The predicted octanol–water partition coefficient (Wildman–Crippen LogP) is -0.569. The molecule has 0 rings (SSSR count). The summed E-state index contributed by atoms with van der Waals surface area (Å²) in [6.45, 7) is 19.4. The van der Waals surface area contributed by atoms with Crippen molar-refractivity contribution in [3.63, 3.8) is 0 Å². The molecule has 0 bridgehead atoms. The van der Waals surface area contributed by atoms with Crippen LogP contribution >= 0.6 is 24.4 Å². The molecule has 0 saturated heterocycles. The van der Waals surface area contributed by atoms with Gasteiger partial charge in [-0.05, 0) is 12.8 Å². The minimum atomic E-state index is -4.02. The van der Waals surface area contributed by atoms with Crippen molar-refractivity contribution in [2.24, 2.45) is 10.8 Å². The van der Waals surface area contributed by atoms with Crippen LogP contribution in [0.5, 0.6) is 0 Å². The van der Waals surface area contributed by atoms with Gasteiger partial charge in [0, 0.05) is 53.4 Å². The van der Waals surface area contributed by atoms with Crippen LogP contribution in [-0.4, -0.2) is 130 Å². The monoisotopic (exact) mass is 898 g/mol. The second-order valence-electron chi connectivity index (χ2n) is 11.1. The van der Waals surface area contributed by atoms with E-state index in [1.165, 1.54) is 11.8 Å². The maximum absolute atomic E-state index is 11.9. The summed E-state index contributed by atoms with van der Waals surface area (Å²) in [6.07, 6.45) is 5.90. The number of thioether (sulfide) groups is 1. The summed E-state index contributed by atoms with van der Waals surface area (Å²) in [5, 5.41) is 0. The van der Waals surface area contributed by atoms with E-state index in [-0.39, 0.29) is 92.9 Å². The fourth-order valence-electron chi connectivity index (χ4n) is 3.12. The van der Waals surface area contributed by atoms with Crippen LogP contribution in [0, 0.1) is 10.8 Å². The zero-order valence-electron chi connectivity index (χ0n) is 32.4. The molecule has 0 saturated carbocycles. The Morgan fingerprint density at radius 1 is 0.614 bits per heavy atom. The maximum atomic E-state index is 11.9. The molecular weight excluding hydrogens is 848 g/mol. The summed E-state index contributed by atoms with van der Waals surface area (Å²) >= 11 is 4.72. The maximum Gasteiger partial charge on any atom is 1.00 e. The second kappa shape index (κ2) is 34.0. The molecule has 0 radical (unpaired) electrons. The minimum absolute atomic E-state index is 0. The van der Waals surface area contributed by atoms with E-state index in [1.54, 1.807) is 13.8 Å². The predicted molar refractivity (Wildman–Crippen MR) is 209 cm³/mol. The van der Waals surface area contributed by atoms with Crippen molar-refractivity contribution in [3.05, 3.63) is 63.3 Å². The Balaban J connectivity index is -0.000000426. The van der Waals surface area contributed by atoms with Crippen LogP contribution in [0.25, 0.3) is 0 Å². The van der Waals surface area contributed by atoms with Crippen molar-refractivity contribution < 1.29 is 113 Å². The molecule has 0 aromatic rings. The van der Waals surface area contributed by atoms with Gasteiger partial charge in [-0.25, -0.2) is 32.4 Å². The molecule has 320 valence electrons.